The van der Waals surface area contributed by atoms with Crippen LogP contribution in [0.2, 0.25) is 0 Å². The topological polar surface area (TPSA) is 78.8 Å². The van der Waals surface area contributed by atoms with Crippen molar-refractivity contribution in [1.82, 2.24) is 0 Å². The summed E-state index contributed by atoms with van der Waals surface area (Å²) >= 11 is 0. The number of aliphatic carboxylic acids is 1. The molecule has 0 bridgehead atoms. The molecule has 34 heavy (non-hydrogen) atoms. The molecule has 0 heterocycles. The largest absolute Gasteiger partial charge is 1.00 e. The van der Waals surface area contributed by atoms with Crippen LogP contribution in [0.3, 0.4) is 0 Å². The van der Waals surface area contributed by atoms with E-state index in [1.807, 2.05) is 0 Å². The summed E-state index contributed by atoms with van der Waals surface area (Å²) in [6, 6.07) is 0. The number of hydrogen-bond acceptors (Lipinski definition) is 5. The second kappa shape index (κ2) is 26.4. The molecule has 0 saturated heterocycles. The predicted octanol–water partition coefficient (Wildman–Crippen LogP) is 3.06. The molecule has 0 aliphatic rings. The standard InChI is InChI=1S/C28H56O5.Na/c1-24(2)17-13-9-5-7-11-15-19-26(29)21-33-27(22-32-23-28(30)31)20-16-12-8-6-10-14-18-25(3)4;/h24-27,29H,5-23H2,1-4H3,(H,30,31);/q;+1/p-1. The molecule has 6 heteroatoms. The van der Waals surface area contributed by atoms with Crippen molar-refractivity contribution in [2.45, 2.75) is 143 Å². The average molecular weight is 495 g/mol. The van der Waals surface area contributed by atoms with E-state index in [0.29, 0.717) is 6.61 Å². The minimum absolute atomic E-state index is 0. The summed E-state index contributed by atoms with van der Waals surface area (Å²) in [4.78, 5) is 10.6. The minimum Gasteiger partial charge on any atom is -0.548 e. The summed E-state index contributed by atoms with van der Waals surface area (Å²) in [5, 5.41) is 20.9. The van der Waals surface area contributed by atoms with Crippen molar-refractivity contribution in [2.75, 3.05) is 19.8 Å². The molecule has 0 aromatic rings. The van der Waals surface area contributed by atoms with Gasteiger partial charge >= 0.3 is 29.6 Å². The van der Waals surface area contributed by atoms with Gasteiger partial charge in [-0.25, -0.2) is 0 Å². The van der Waals surface area contributed by atoms with E-state index in [0.717, 1.165) is 50.4 Å². The summed E-state index contributed by atoms with van der Waals surface area (Å²) in [5.74, 6) is 0.382. The Balaban J connectivity index is 0. The van der Waals surface area contributed by atoms with E-state index in [9.17, 15) is 15.0 Å². The molecule has 0 amide bonds. The fourth-order valence-corrected chi connectivity index (χ4v) is 4.09. The monoisotopic (exact) mass is 494 g/mol. The van der Waals surface area contributed by atoms with Crippen molar-refractivity contribution < 1.29 is 54.0 Å². The van der Waals surface area contributed by atoms with E-state index in [1.165, 1.54) is 64.2 Å². The van der Waals surface area contributed by atoms with Crippen molar-refractivity contribution in [3.05, 3.63) is 0 Å². The SMILES string of the molecule is CC(C)CCCCCCCCC(O)COC(CCCCCCCCC(C)C)COCC(=O)[O-].[Na+]. The van der Waals surface area contributed by atoms with Crippen molar-refractivity contribution >= 4 is 5.97 Å². The van der Waals surface area contributed by atoms with Crippen LogP contribution in [0.1, 0.15) is 130 Å². The van der Waals surface area contributed by atoms with Gasteiger partial charge in [0.25, 0.3) is 0 Å². The van der Waals surface area contributed by atoms with Gasteiger partial charge in [0.2, 0.25) is 0 Å². The van der Waals surface area contributed by atoms with Crippen LogP contribution in [0.15, 0.2) is 0 Å². The Morgan fingerprint density at radius 3 is 1.53 bits per heavy atom. The van der Waals surface area contributed by atoms with E-state index in [4.69, 9.17) is 9.47 Å². The number of carbonyl (C=O) groups excluding carboxylic acids is 1. The Labute approximate surface area is 233 Å². The maximum absolute atomic E-state index is 10.6. The summed E-state index contributed by atoms with van der Waals surface area (Å²) < 4.78 is 11.1. The van der Waals surface area contributed by atoms with Crippen LogP contribution in [0.4, 0.5) is 0 Å². The molecule has 0 fully saturated rings. The van der Waals surface area contributed by atoms with Gasteiger partial charge in [-0.2, -0.15) is 0 Å². The first-order valence-corrected chi connectivity index (χ1v) is 13.9. The Morgan fingerprint density at radius 2 is 1.09 bits per heavy atom. The first-order chi connectivity index (χ1) is 15.8. The molecule has 1 N–H and O–H groups in total. The van der Waals surface area contributed by atoms with Gasteiger partial charge in [0.15, 0.2) is 0 Å². The molecule has 0 saturated carbocycles. The summed E-state index contributed by atoms with van der Waals surface area (Å²) in [7, 11) is 0. The zero-order valence-corrected chi connectivity index (χ0v) is 25.3. The molecular formula is C28H55NaO5. The van der Waals surface area contributed by atoms with Crippen LogP contribution in [0.5, 0.6) is 0 Å². The quantitative estimate of drug-likeness (QED) is 0.156. The first kappa shape index (κ1) is 36.5. The zero-order chi connectivity index (χ0) is 24.7. The number of unbranched alkanes of at least 4 members (excludes halogenated alkanes) is 10. The van der Waals surface area contributed by atoms with E-state index in [1.54, 1.807) is 0 Å². The summed E-state index contributed by atoms with van der Waals surface area (Å²) in [5.41, 5.74) is 0. The number of aliphatic hydroxyl groups is 1. The Morgan fingerprint density at radius 1 is 0.676 bits per heavy atom. The van der Waals surface area contributed by atoms with Gasteiger partial charge in [-0.05, 0) is 24.7 Å². The van der Waals surface area contributed by atoms with Crippen molar-refractivity contribution in [3.63, 3.8) is 0 Å². The number of rotatable bonds is 25. The fraction of sp³-hybridized carbons (Fsp3) is 0.964. The average Bonchev–Trinajstić information content (AvgIpc) is 2.74. The fourth-order valence-electron chi connectivity index (χ4n) is 4.09. The Bertz CT molecular complexity index is 431. The zero-order valence-electron chi connectivity index (χ0n) is 23.3. The van der Waals surface area contributed by atoms with Crippen molar-refractivity contribution in [3.8, 4) is 0 Å². The van der Waals surface area contributed by atoms with Crippen LogP contribution >= 0.6 is 0 Å². The number of aliphatic hydroxyl groups excluding tert-OH is 1. The van der Waals surface area contributed by atoms with E-state index in [-0.39, 0.29) is 42.3 Å². The molecule has 2 atom stereocenters. The van der Waals surface area contributed by atoms with Gasteiger partial charge < -0.3 is 24.5 Å². The van der Waals surface area contributed by atoms with Gasteiger partial charge in [-0.1, -0.05) is 118 Å². The molecule has 5 nitrogen and oxygen atoms in total. The molecule has 0 aromatic heterocycles. The van der Waals surface area contributed by atoms with Gasteiger partial charge in [-0.15, -0.1) is 0 Å². The van der Waals surface area contributed by atoms with Crippen molar-refractivity contribution in [1.29, 1.82) is 0 Å². The molecule has 0 aromatic carbocycles. The molecule has 0 spiro atoms. The van der Waals surface area contributed by atoms with Crippen LogP contribution in [0, 0.1) is 11.8 Å². The molecule has 0 aliphatic heterocycles. The normalized spacial score (nSPS) is 13.3. The van der Waals surface area contributed by atoms with Gasteiger partial charge in [0.1, 0.15) is 0 Å². The summed E-state index contributed by atoms with van der Waals surface area (Å²) in [6.45, 7) is 9.23. The van der Waals surface area contributed by atoms with Gasteiger partial charge in [-0.3, -0.25) is 0 Å². The van der Waals surface area contributed by atoms with Crippen LogP contribution in [-0.2, 0) is 14.3 Å². The number of carboxylic acids is 1. The maximum Gasteiger partial charge on any atom is 1.00 e. The van der Waals surface area contributed by atoms with E-state index in [2.05, 4.69) is 27.7 Å². The van der Waals surface area contributed by atoms with Gasteiger partial charge in [0, 0.05) is 0 Å². The number of carbonyl (C=O) groups is 1. The number of ether oxygens (including phenoxy) is 2. The second-order valence-corrected chi connectivity index (χ2v) is 10.7. The molecular weight excluding hydrogens is 439 g/mol. The minimum atomic E-state index is -1.21. The van der Waals surface area contributed by atoms with E-state index >= 15 is 0 Å². The van der Waals surface area contributed by atoms with Gasteiger partial charge in [0.05, 0.1) is 38.0 Å². The third-order valence-corrected chi connectivity index (χ3v) is 6.17. The Hall–Kier alpha value is 0.350. The molecule has 0 radical (unpaired) electrons. The third-order valence-electron chi connectivity index (χ3n) is 6.17. The first-order valence-electron chi connectivity index (χ1n) is 13.9. The third kappa shape index (κ3) is 28.6. The van der Waals surface area contributed by atoms with Crippen LogP contribution in [0.25, 0.3) is 0 Å². The second-order valence-electron chi connectivity index (χ2n) is 10.7. The molecule has 0 rings (SSSR count). The van der Waals surface area contributed by atoms with Crippen LogP contribution < -0.4 is 34.7 Å². The van der Waals surface area contributed by atoms with Crippen LogP contribution in [-0.4, -0.2) is 43.1 Å². The molecule has 2 unspecified atom stereocenters. The predicted molar refractivity (Wildman–Crippen MR) is 135 cm³/mol. The summed E-state index contributed by atoms with van der Waals surface area (Å²) in [6.07, 6.45) is 18.3. The van der Waals surface area contributed by atoms with Crippen molar-refractivity contribution in [2.24, 2.45) is 11.8 Å². The van der Waals surface area contributed by atoms with E-state index < -0.39 is 18.7 Å². The number of hydrogen-bond donors (Lipinski definition) is 1. The molecule has 198 valence electrons. The number of carboxylic acid groups (broad SMARTS) is 1. The smallest absolute Gasteiger partial charge is 0.548 e. The maximum atomic E-state index is 10.6. The molecule has 0 aliphatic carbocycles. The Kier molecular flexibility index (Phi) is 28.4.